The average Bonchev–Trinajstić information content (AvgIpc) is 2.85. The molecule has 0 saturated carbocycles. The molecule has 2 N–H and O–H groups in total. The Bertz CT molecular complexity index is 566. The minimum atomic E-state index is -1.05. The van der Waals surface area contributed by atoms with Gasteiger partial charge in [0.05, 0.1) is 5.02 Å². The molecule has 2 rings (SSSR count). The molecular weight excluding hydrogens is 318 g/mol. The molecule has 1 aromatic carbocycles. The molecule has 1 atom stereocenters. The Balaban J connectivity index is 1.92. The number of nitrogens with one attached hydrogen (secondary N) is 1. The van der Waals surface area contributed by atoms with Gasteiger partial charge in [-0.2, -0.15) is 11.8 Å². The van der Waals surface area contributed by atoms with Crippen molar-refractivity contribution in [2.75, 3.05) is 12.5 Å². The predicted molar refractivity (Wildman–Crippen MR) is 79.0 cm³/mol. The van der Waals surface area contributed by atoms with E-state index in [2.05, 4.69) is 5.32 Å². The molecule has 8 heteroatoms. The molecule has 0 saturated heterocycles. The van der Waals surface area contributed by atoms with Gasteiger partial charge in [-0.1, -0.05) is 11.6 Å². The van der Waals surface area contributed by atoms with Crippen molar-refractivity contribution in [3.8, 4) is 11.5 Å². The van der Waals surface area contributed by atoms with E-state index in [-0.39, 0.29) is 18.5 Å². The summed E-state index contributed by atoms with van der Waals surface area (Å²) in [5.74, 6) is 0.526. The van der Waals surface area contributed by atoms with Crippen molar-refractivity contribution in [1.82, 2.24) is 5.32 Å². The van der Waals surface area contributed by atoms with Crippen LogP contribution in [0.2, 0.25) is 5.02 Å². The third kappa shape index (κ3) is 4.18. The van der Waals surface area contributed by atoms with Crippen molar-refractivity contribution < 1.29 is 24.2 Å². The van der Waals surface area contributed by atoms with E-state index in [0.29, 0.717) is 22.3 Å². The molecule has 0 unspecified atom stereocenters. The number of amides is 1. The molecular formula is C13H14ClNO5S. The Kier molecular flexibility index (Phi) is 5.19. The molecule has 0 aromatic heterocycles. The first-order chi connectivity index (χ1) is 9.97. The van der Waals surface area contributed by atoms with Crippen molar-refractivity contribution in [1.29, 1.82) is 0 Å². The first-order valence-corrected chi connectivity index (χ1v) is 7.66. The van der Waals surface area contributed by atoms with Crippen molar-refractivity contribution in [2.24, 2.45) is 0 Å². The summed E-state index contributed by atoms with van der Waals surface area (Å²) < 4.78 is 10.5. The number of carboxylic acid groups (broad SMARTS) is 1. The van der Waals surface area contributed by atoms with E-state index in [1.165, 1.54) is 18.7 Å². The first-order valence-electron chi connectivity index (χ1n) is 6.13. The quantitative estimate of drug-likeness (QED) is 0.828. The number of fused-ring (bicyclic) bond motifs is 1. The van der Waals surface area contributed by atoms with Gasteiger partial charge in [-0.15, -0.1) is 0 Å². The first kappa shape index (κ1) is 15.8. The summed E-state index contributed by atoms with van der Waals surface area (Å²) in [5.41, 5.74) is 0.904. The van der Waals surface area contributed by atoms with E-state index in [0.717, 1.165) is 5.56 Å². The Morgan fingerprint density at radius 2 is 2.24 bits per heavy atom. The van der Waals surface area contributed by atoms with Crippen molar-refractivity contribution in [3.63, 3.8) is 0 Å². The number of thioether (sulfide) groups is 1. The Morgan fingerprint density at radius 3 is 2.90 bits per heavy atom. The van der Waals surface area contributed by atoms with Gasteiger partial charge in [0.15, 0.2) is 11.5 Å². The molecule has 21 heavy (non-hydrogen) atoms. The number of carboxylic acids is 1. The summed E-state index contributed by atoms with van der Waals surface area (Å²) in [4.78, 5) is 21.9. The third-order valence-corrected chi connectivity index (χ3v) is 4.10. The van der Waals surface area contributed by atoms with E-state index in [1.807, 2.05) is 6.07 Å². The van der Waals surface area contributed by atoms with Crippen molar-refractivity contribution >= 4 is 35.2 Å². The zero-order valence-electron chi connectivity index (χ0n) is 11.2. The number of carbonyl (C=O) groups is 2. The normalized spacial score (nSPS) is 13.8. The van der Waals surface area contributed by atoms with E-state index in [9.17, 15) is 9.59 Å². The molecule has 1 aromatic rings. The lowest BCUT2D eigenvalue weighted by Gasteiger charge is -2.13. The molecule has 1 aliphatic heterocycles. The van der Waals surface area contributed by atoms with Gasteiger partial charge in [0, 0.05) is 18.4 Å². The molecule has 0 fully saturated rings. The second kappa shape index (κ2) is 6.91. The number of hydrogen-bond acceptors (Lipinski definition) is 5. The number of carbonyl (C=O) groups excluding carboxylic acids is 1. The second-order valence-corrected chi connectivity index (χ2v) is 5.86. The van der Waals surface area contributed by atoms with Crippen LogP contribution in [0.1, 0.15) is 12.5 Å². The van der Waals surface area contributed by atoms with Crippen LogP contribution in [-0.4, -0.2) is 35.6 Å². The summed E-state index contributed by atoms with van der Waals surface area (Å²) in [5, 5.41) is 11.9. The number of halogens is 1. The molecule has 1 heterocycles. The molecule has 1 aliphatic rings. The molecule has 114 valence electrons. The van der Waals surface area contributed by atoms with Crippen LogP contribution < -0.4 is 14.8 Å². The zero-order valence-corrected chi connectivity index (χ0v) is 12.8. The lowest BCUT2D eigenvalue weighted by atomic mass is 10.2. The van der Waals surface area contributed by atoms with Crippen LogP contribution in [0.25, 0.3) is 0 Å². The van der Waals surface area contributed by atoms with Crippen molar-refractivity contribution in [2.45, 2.75) is 18.7 Å². The van der Waals surface area contributed by atoms with Crippen LogP contribution in [0.4, 0.5) is 0 Å². The van der Waals surface area contributed by atoms with Crippen LogP contribution in [0.5, 0.6) is 11.5 Å². The van der Waals surface area contributed by atoms with Gasteiger partial charge in [-0.3, -0.25) is 4.79 Å². The zero-order chi connectivity index (χ0) is 15.4. The van der Waals surface area contributed by atoms with E-state index in [4.69, 9.17) is 26.2 Å². The minimum Gasteiger partial charge on any atom is -0.480 e. The van der Waals surface area contributed by atoms with Gasteiger partial charge in [-0.05, 0) is 17.7 Å². The molecule has 1 amide bonds. The van der Waals surface area contributed by atoms with Crippen LogP contribution in [0.15, 0.2) is 12.1 Å². The Labute approximate surface area is 130 Å². The summed E-state index contributed by atoms with van der Waals surface area (Å²) in [7, 11) is 0. The predicted octanol–water partition coefficient (Wildman–Crippen LogP) is 1.89. The maximum absolute atomic E-state index is 11.0. The average molecular weight is 332 g/mol. The largest absolute Gasteiger partial charge is 0.480 e. The van der Waals surface area contributed by atoms with Crippen molar-refractivity contribution in [3.05, 3.63) is 22.7 Å². The second-order valence-electron chi connectivity index (χ2n) is 4.42. The monoisotopic (exact) mass is 331 g/mol. The number of ether oxygens (including phenoxy) is 2. The Morgan fingerprint density at radius 1 is 1.48 bits per heavy atom. The molecule has 0 aliphatic carbocycles. The van der Waals surface area contributed by atoms with Gasteiger partial charge in [0.2, 0.25) is 12.7 Å². The number of rotatable bonds is 6. The molecule has 0 spiro atoms. The van der Waals surface area contributed by atoms with Crippen LogP contribution in [0, 0.1) is 0 Å². The highest BCUT2D eigenvalue weighted by atomic mass is 35.5. The molecule has 0 bridgehead atoms. The van der Waals surface area contributed by atoms with Gasteiger partial charge in [0.1, 0.15) is 6.04 Å². The number of aliphatic carboxylic acids is 1. The topological polar surface area (TPSA) is 84.9 Å². The van der Waals surface area contributed by atoms with Gasteiger partial charge in [0.25, 0.3) is 0 Å². The van der Waals surface area contributed by atoms with Crippen LogP contribution in [-0.2, 0) is 15.3 Å². The van der Waals surface area contributed by atoms with Gasteiger partial charge >= 0.3 is 5.97 Å². The molecule has 0 radical (unpaired) electrons. The highest BCUT2D eigenvalue weighted by Gasteiger charge is 2.20. The Hall–Kier alpha value is -1.60. The van der Waals surface area contributed by atoms with E-state index < -0.39 is 12.0 Å². The standard InChI is InChI=1S/C13H14ClNO5S/c1-7(16)15-10(13(17)18)5-21-4-8-2-9(14)12-11(3-8)19-6-20-12/h2-3,10H,4-6H2,1H3,(H,15,16)(H,17,18)/t10-/m0/s1. The fourth-order valence-electron chi connectivity index (χ4n) is 1.82. The highest BCUT2D eigenvalue weighted by Crippen LogP contribution is 2.40. The summed E-state index contributed by atoms with van der Waals surface area (Å²) in [6, 6.07) is 2.67. The lowest BCUT2D eigenvalue weighted by molar-refractivity contribution is -0.140. The maximum Gasteiger partial charge on any atom is 0.327 e. The highest BCUT2D eigenvalue weighted by molar-refractivity contribution is 7.98. The summed E-state index contributed by atoms with van der Waals surface area (Å²) >= 11 is 7.46. The third-order valence-electron chi connectivity index (χ3n) is 2.72. The van der Waals surface area contributed by atoms with Gasteiger partial charge < -0.3 is 19.9 Å². The molecule has 6 nitrogen and oxygen atoms in total. The maximum atomic E-state index is 11.0. The van der Waals surface area contributed by atoms with Crippen LogP contribution >= 0.6 is 23.4 Å². The smallest absolute Gasteiger partial charge is 0.327 e. The van der Waals surface area contributed by atoms with Crippen LogP contribution in [0.3, 0.4) is 0 Å². The fourth-order valence-corrected chi connectivity index (χ4v) is 3.09. The minimum absolute atomic E-state index is 0.148. The number of benzene rings is 1. The fraction of sp³-hybridized carbons (Fsp3) is 0.385. The van der Waals surface area contributed by atoms with E-state index in [1.54, 1.807) is 6.07 Å². The van der Waals surface area contributed by atoms with Gasteiger partial charge in [-0.25, -0.2) is 4.79 Å². The number of hydrogen-bond donors (Lipinski definition) is 2. The summed E-state index contributed by atoms with van der Waals surface area (Å²) in [6.45, 7) is 1.44. The lowest BCUT2D eigenvalue weighted by Crippen LogP contribution is -2.41. The van der Waals surface area contributed by atoms with E-state index >= 15 is 0 Å². The SMILES string of the molecule is CC(=O)N[C@@H](CSCc1cc(Cl)c2c(c1)OCO2)C(=O)O. The summed E-state index contributed by atoms with van der Waals surface area (Å²) in [6.07, 6.45) is 0.